The van der Waals surface area contributed by atoms with E-state index in [1.54, 1.807) is 12.5 Å². The molecule has 0 aromatic carbocycles. The van der Waals surface area contributed by atoms with Gasteiger partial charge in [-0.25, -0.2) is 15.0 Å². The van der Waals surface area contributed by atoms with Gasteiger partial charge in [0.1, 0.15) is 11.5 Å². The van der Waals surface area contributed by atoms with Crippen LogP contribution in [0.15, 0.2) is 41.6 Å². The standard InChI is InChI=1S/C17H18N6O/c1-11(7-13-3-4-18-16-15(13)20-10-21-16)9-23-6-5-19-17(23)14-8-12(2)24-22-14/h3-6,8,10-11H,7,9H2,1-2H3,(H,18,20,21). The Labute approximate surface area is 138 Å². The maximum atomic E-state index is 5.16. The van der Waals surface area contributed by atoms with Gasteiger partial charge in [0.05, 0.1) is 11.8 Å². The van der Waals surface area contributed by atoms with E-state index in [4.69, 9.17) is 4.52 Å². The molecule has 0 fully saturated rings. The molecule has 0 amide bonds. The van der Waals surface area contributed by atoms with Gasteiger partial charge in [-0.3, -0.25) is 0 Å². The van der Waals surface area contributed by atoms with Crippen LogP contribution in [0.25, 0.3) is 22.7 Å². The van der Waals surface area contributed by atoms with Crippen LogP contribution in [0.5, 0.6) is 0 Å². The summed E-state index contributed by atoms with van der Waals surface area (Å²) in [5.74, 6) is 2.03. The van der Waals surface area contributed by atoms with Crippen molar-refractivity contribution < 1.29 is 4.52 Å². The summed E-state index contributed by atoms with van der Waals surface area (Å²) in [5, 5.41) is 4.06. The van der Waals surface area contributed by atoms with Gasteiger partial charge < -0.3 is 14.1 Å². The van der Waals surface area contributed by atoms with Gasteiger partial charge in [0.25, 0.3) is 0 Å². The van der Waals surface area contributed by atoms with Gasteiger partial charge in [0, 0.05) is 31.2 Å². The maximum absolute atomic E-state index is 5.16. The van der Waals surface area contributed by atoms with Crippen molar-refractivity contribution in [3.63, 3.8) is 0 Å². The van der Waals surface area contributed by atoms with Gasteiger partial charge in [-0.15, -0.1) is 0 Å². The zero-order valence-corrected chi connectivity index (χ0v) is 13.6. The highest BCUT2D eigenvalue weighted by Crippen LogP contribution is 2.21. The van der Waals surface area contributed by atoms with E-state index in [1.807, 2.05) is 31.5 Å². The minimum Gasteiger partial charge on any atom is -0.361 e. The molecule has 4 heterocycles. The van der Waals surface area contributed by atoms with Crippen LogP contribution in [0.1, 0.15) is 18.2 Å². The van der Waals surface area contributed by atoms with Crippen molar-refractivity contribution in [3.05, 3.63) is 48.4 Å². The molecule has 0 bridgehead atoms. The summed E-state index contributed by atoms with van der Waals surface area (Å²) in [4.78, 5) is 16.1. The summed E-state index contributed by atoms with van der Waals surface area (Å²) in [6, 6.07) is 3.95. The molecule has 0 spiro atoms. The largest absolute Gasteiger partial charge is 0.361 e. The molecule has 0 saturated heterocycles. The maximum Gasteiger partial charge on any atom is 0.177 e. The van der Waals surface area contributed by atoms with Gasteiger partial charge >= 0.3 is 0 Å². The van der Waals surface area contributed by atoms with Crippen molar-refractivity contribution in [3.8, 4) is 11.5 Å². The number of aryl methyl sites for hydroxylation is 1. The minimum absolute atomic E-state index is 0.417. The molecular formula is C17H18N6O. The van der Waals surface area contributed by atoms with Crippen LogP contribution in [-0.4, -0.2) is 29.7 Å². The Kier molecular flexibility index (Phi) is 3.60. The smallest absolute Gasteiger partial charge is 0.177 e. The monoisotopic (exact) mass is 322 g/mol. The third-order valence-corrected chi connectivity index (χ3v) is 4.06. The summed E-state index contributed by atoms with van der Waals surface area (Å²) in [6.07, 6.45) is 8.20. The average Bonchev–Trinajstić information content (AvgIpc) is 3.27. The lowest BCUT2D eigenvalue weighted by atomic mass is 10.0. The summed E-state index contributed by atoms with van der Waals surface area (Å²) < 4.78 is 7.28. The number of fused-ring (bicyclic) bond motifs is 1. The molecule has 0 aliphatic carbocycles. The molecule has 7 nitrogen and oxygen atoms in total. The van der Waals surface area contributed by atoms with Crippen LogP contribution in [0, 0.1) is 12.8 Å². The van der Waals surface area contributed by atoms with E-state index in [9.17, 15) is 0 Å². The number of aromatic amines is 1. The highest BCUT2D eigenvalue weighted by molar-refractivity contribution is 5.73. The molecular weight excluding hydrogens is 304 g/mol. The Morgan fingerprint density at radius 3 is 3.00 bits per heavy atom. The van der Waals surface area contributed by atoms with Crippen molar-refractivity contribution in [1.29, 1.82) is 0 Å². The second-order valence-electron chi connectivity index (χ2n) is 6.11. The lowest BCUT2D eigenvalue weighted by Gasteiger charge is -2.14. The highest BCUT2D eigenvalue weighted by Gasteiger charge is 2.14. The number of hydrogen-bond acceptors (Lipinski definition) is 5. The number of hydrogen-bond donors (Lipinski definition) is 1. The zero-order valence-electron chi connectivity index (χ0n) is 13.6. The van der Waals surface area contributed by atoms with Crippen LogP contribution in [0.3, 0.4) is 0 Å². The van der Waals surface area contributed by atoms with Gasteiger partial charge in [-0.2, -0.15) is 0 Å². The van der Waals surface area contributed by atoms with E-state index in [2.05, 4.69) is 36.6 Å². The quantitative estimate of drug-likeness (QED) is 0.610. The molecule has 24 heavy (non-hydrogen) atoms. The van der Waals surface area contributed by atoms with E-state index >= 15 is 0 Å². The van der Waals surface area contributed by atoms with Crippen molar-refractivity contribution in [2.24, 2.45) is 5.92 Å². The molecule has 1 unspecified atom stereocenters. The number of imidazole rings is 2. The van der Waals surface area contributed by atoms with Gasteiger partial charge in [-0.05, 0) is 30.9 Å². The first kappa shape index (κ1) is 14.6. The molecule has 0 aliphatic rings. The predicted octanol–water partition coefficient (Wildman–Crippen LogP) is 3.00. The van der Waals surface area contributed by atoms with E-state index in [0.717, 1.165) is 41.4 Å². The summed E-state index contributed by atoms with van der Waals surface area (Å²) >= 11 is 0. The molecule has 0 aliphatic heterocycles. The third kappa shape index (κ3) is 2.68. The van der Waals surface area contributed by atoms with Crippen molar-refractivity contribution in [2.75, 3.05) is 0 Å². The second kappa shape index (κ2) is 5.92. The molecule has 1 atom stereocenters. The van der Waals surface area contributed by atoms with E-state index in [-0.39, 0.29) is 0 Å². The zero-order chi connectivity index (χ0) is 16.5. The van der Waals surface area contributed by atoms with Crippen LogP contribution >= 0.6 is 0 Å². The fourth-order valence-corrected chi connectivity index (χ4v) is 3.01. The second-order valence-corrected chi connectivity index (χ2v) is 6.11. The lowest BCUT2D eigenvalue weighted by Crippen LogP contribution is -2.11. The highest BCUT2D eigenvalue weighted by atomic mass is 16.5. The van der Waals surface area contributed by atoms with Crippen LogP contribution in [0.2, 0.25) is 0 Å². The molecule has 122 valence electrons. The normalized spacial score (nSPS) is 12.8. The Balaban J connectivity index is 1.54. The van der Waals surface area contributed by atoms with E-state index in [1.165, 1.54) is 5.56 Å². The molecule has 4 aromatic heterocycles. The van der Waals surface area contributed by atoms with Crippen LogP contribution in [-0.2, 0) is 13.0 Å². The van der Waals surface area contributed by atoms with Crippen molar-refractivity contribution >= 4 is 11.2 Å². The topological polar surface area (TPSA) is 85.4 Å². The van der Waals surface area contributed by atoms with Gasteiger partial charge in [-0.1, -0.05) is 12.1 Å². The molecule has 0 radical (unpaired) electrons. The Bertz CT molecular complexity index is 966. The summed E-state index contributed by atoms with van der Waals surface area (Å²) in [6.45, 7) is 4.95. The SMILES string of the molecule is Cc1cc(-c2nccn2CC(C)Cc2ccnc3nc[nH]c23)no1. The first-order valence-corrected chi connectivity index (χ1v) is 7.92. The van der Waals surface area contributed by atoms with Crippen LogP contribution < -0.4 is 0 Å². The van der Waals surface area contributed by atoms with Crippen molar-refractivity contribution in [1.82, 2.24) is 29.7 Å². The fraction of sp³-hybridized carbons (Fsp3) is 0.294. The molecule has 4 aromatic rings. The molecule has 7 heteroatoms. The number of pyridine rings is 1. The number of rotatable bonds is 5. The number of H-pyrrole nitrogens is 1. The van der Waals surface area contributed by atoms with Crippen LogP contribution in [0.4, 0.5) is 0 Å². The molecule has 4 rings (SSSR count). The molecule has 1 N–H and O–H groups in total. The van der Waals surface area contributed by atoms with Gasteiger partial charge in [0.15, 0.2) is 11.5 Å². The van der Waals surface area contributed by atoms with E-state index in [0.29, 0.717) is 5.92 Å². The first-order chi connectivity index (χ1) is 11.7. The summed E-state index contributed by atoms with van der Waals surface area (Å²) in [7, 11) is 0. The van der Waals surface area contributed by atoms with E-state index < -0.39 is 0 Å². The number of nitrogens with zero attached hydrogens (tertiary/aromatic N) is 5. The Morgan fingerprint density at radius 2 is 2.17 bits per heavy atom. The fourth-order valence-electron chi connectivity index (χ4n) is 3.01. The van der Waals surface area contributed by atoms with Gasteiger partial charge in [0.2, 0.25) is 0 Å². The average molecular weight is 322 g/mol. The minimum atomic E-state index is 0.417. The molecule has 0 saturated carbocycles. The predicted molar refractivity (Wildman–Crippen MR) is 89.2 cm³/mol. The van der Waals surface area contributed by atoms with Crippen molar-refractivity contribution in [2.45, 2.75) is 26.8 Å². The Morgan fingerprint density at radius 1 is 1.25 bits per heavy atom. The first-order valence-electron chi connectivity index (χ1n) is 7.92. The lowest BCUT2D eigenvalue weighted by molar-refractivity contribution is 0.398. The summed E-state index contributed by atoms with van der Waals surface area (Å²) in [5.41, 5.74) is 3.77. The Hall–Kier alpha value is -2.96. The number of aromatic nitrogens is 6. The number of nitrogens with one attached hydrogen (secondary N) is 1. The third-order valence-electron chi connectivity index (χ3n) is 4.06.